The molecule has 1 saturated heterocycles. The van der Waals surface area contributed by atoms with Crippen molar-refractivity contribution in [3.63, 3.8) is 0 Å². The highest BCUT2D eigenvalue weighted by atomic mass is 32.2. The third kappa shape index (κ3) is 4.51. The number of fused-ring (bicyclic) bond motifs is 2. The maximum Gasteiger partial charge on any atom is 0.261 e. The van der Waals surface area contributed by atoms with Gasteiger partial charge in [0, 0.05) is 31.4 Å². The molecule has 0 unspecified atom stereocenters. The number of hydrogen-bond donors (Lipinski definition) is 1. The molecule has 0 atom stereocenters. The summed E-state index contributed by atoms with van der Waals surface area (Å²) in [5.41, 5.74) is 4.21. The first-order valence-corrected chi connectivity index (χ1v) is 15.4. The number of para-hydroxylation sites is 2. The topological polar surface area (TPSA) is 86.8 Å². The average Bonchev–Trinajstić information content (AvgIpc) is 2.87. The van der Waals surface area contributed by atoms with Gasteiger partial charge in [0.05, 0.1) is 21.2 Å². The minimum absolute atomic E-state index is 0.00114. The van der Waals surface area contributed by atoms with Crippen LogP contribution < -0.4 is 9.62 Å². The summed E-state index contributed by atoms with van der Waals surface area (Å²) in [5, 5.41) is 0. The highest BCUT2D eigenvalue weighted by Crippen LogP contribution is 2.44. The third-order valence-electron chi connectivity index (χ3n) is 7.61. The van der Waals surface area contributed by atoms with E-state index in [1.165, 1.54) is 35.4 Å². The first kappa shape index (κ1) is 24.8. The highest BCUT2D eigenvalue weighted by molar-refractivity contribution is 7.92. The normalized spacial score (nSPS) is 18.1. The molecular weight excluding hydrogens is 494 g/mol. The Bertz CT molecular complexity index is 1480. The van der Waals surface area contributed by atoms with Crippen molar-refractivity contribution in [1.29, 1.82) is 0 Å². The van der Waals surface area contributed by atoms with Crippen molar-refractivity contribution >= 4 is 31.2 Å². The Morgan fingerprint density at radius 2 is 1.39 bits per heavy atom. The van der Waals surface area contributed by atoms with Gasteiger partial charge in [-0.05, 0) is 73.8 Å². The fraction of sp³-hybridized carbons (Fsp3) is 0.333. The lowest BCUT2D eigenvalue weighted by Crippen LogP contribution is -2.54. The molecular formula is C27H31N3O4S2. The van der Waals surface area contributed by atoms with Crippen molar-refractivity contribution in [2.45, 2.75) is 34.6 Å². The molecule has 3 aromatic carbocycles. The van der Waals surface area contributed by atoms with Crippen molar-refractivity contribution in [3.8, 4) is 0 Å². The van der Waals surface area contributed by atoms with Crippen LogP contribution in [-0.2, 0) is 31.8 Å². The van der Waals surface area contributed by atoms with Gasteiger partial charge in [-0.1, -0.05) is 36.4 Å². The summed E-state index contributed by atoms with van der Waals surface area (Å²) in [6, 6.07) is 21.5. The van der Waals surface area contributed by atoms with Crippen molar-refractivity contribution in [3.05, 3.63) is 83.9 Å². The molecule has 190 valence electrons. The molecule has 2 aliphatic rings. The Morgan fingerprint density at radius 3 is 2.08 bits per heavy atom. The van der Waals surface area contributed by atoms with Crippen molar-refractivity contribution in [1.82, 2.24) is 4.90 Å². The van der Waals surface area contributed by atoms with Crippen LogP contribution in [0.5, 0.6) is 0 Å². The van der Waals surface area contributed by atoms with Gasteiger partial charge in [-0.2, -0.15) is 0 Å². The molecule has 9 heteroatoms. The van der Waals surface area contributed by atoms with Crippen LogP contribution in [0, 0.1) is 0 Å². The number of hydrogen-bond acceptors (Lipinski definition) is 6. The zero-order valence-electron chi connectivity index (χ0n) is 20.5. The Balaban J connectivity index is 1.38. The molecule has 0 bridgehead atoms. The van der Waals surface area contributed by atoms with Crippen LogP contribution >= 0.6 is 0 Å². The molecule has 0 aromatic heterocycles. The molecule has 3 aromatic rings. The SMILES string of the molecule is CN1CCc2ccccc2C12CCN(c1ccccc1NS(=O)(=O)c1ccc(S(C)(=O)=O)cc1)CC2. The van der Waals surface area contributed by atoms with E-state index >= 15 is 0 Å². The summed E-state index contributed by atoms with van der Waals surface area (Å²) in [6.45, 7) is 2.65. The van der Waals surface area contributed by atoms with E-state index in [9.17, 15) is 16.8 Å². The predicted molar refractivity (Wildman–Crippen MR) is 143 cm³/mol. The summed E-state index contributed by atoms with van der Waals surface area (Å²) in [6.07, 6.45) is 4.06. The van der Waals surface area contributed by atoms with Crippen LogP contribution in [0.25, 0.3) is 0 Å². The minimum Gasteiger partial charge on any atom is -0.370 e. The lowest BCUT2D eigenvalue weighted by molar-refractivity contribution is 0.0759. The summed E-state index contributed by atoms with van der Waals surface area (Å²) >= 11 is 0. The van der Waals surface area contributed by atoms with Gasteiger partial charge in [0.2, 0.25) is 0 Å². The lowest BCUT2D eigenvalue weighted by Gasteiger charge is -2.51. The summed E-state index contributed by atoms with van der Waals surface area (Å²) in [4.78, 5) is 4.84. The molecule has 1 N–H and O–H groups in total. The molecule has 0 radical (unpaired) electrons. The zero-order valence-corrected chi connectivity index (χ0v) is 22.1. The summed E-state index contributed by atoms with van der Waals surface area (Å²) in [7, 11) is -5.09. The molecule has 1 fully saturated rings. The first-order valence-electron chi connectivity index (χ1n) is 12.1. The van der Waals surface area contributed by atoms with Gasteiger partial charge in [-0.3, -0.25) is 9.62 Å². The molecule has 5 rings (SSSR count). The molecule has 36 heavy (non-hydrogen) atoms. The number of piperidine rings is 1. The number of likely N-dealkylation sites (N-methyl/N-ethyl adjacent to an activating group) is 1. The number of sulfonamides is 1. The van der Waals surface area contributed by atoms with Gasteiger partial charge >= 0.3 is 0 Å². The van der Waals surface area contributed by atoms with Crippen LogP contribution in [0.4, 0.5) is 11.4 Å². The molecule has 2 heterocycles. The Hall–Kier alpha value is -2.88. The highest BCUT2D eigenvalue weighted by Gasteiger charge is 2.43. The van der Waals surface area contributed by atoms with Gasteiger partial charge in [0.15, 0.2) is 9.84 Å². The Kier molecular flexibility index (Phi) is 6.34. The molecule has 0 saturated carbocycles. The lowest BCUT2D eigenvalue weighted by atomic mass is 9.74. The molecule has 0 aliphatic carbocycles. The van der Waals surface area contributed by atoms with Gasteiger partial charge in [0.1, 0.15) is 0 Å². The largest absolute Gasteiger partial charge is 0.370 e. The first-order chi connectivity index (χ1) is 17.1. The number of nitrogens with one attached hydrogen (secondary N) is 1. The second kappa shape index (κ2) is 9.21. The smallest absolute Gasteiger partial charge is 0.261 e. The van der Waals surface area contributed by atoms with E-state index in [-0.39, 0.29) is 15.3 Å². The van der Waals surface area contributed by atoms with E-state index < -0.39 is 19.9 Å². The molecule has 2 aliphatic heterocycles. The van der Waals surface area contributed by atoms with E-state index in [0.29, 0.717) is 5.69 Å². The predicted octanol–water partition coefficient (Wildman–Crippen LogP) is 3.87. The fourth-order valence-electron chi connectivity index (χ4n) is 5.57. The molecule has 0 amide bonds. The Morgan fingerprint density at radius 1 is 0.778 bits per heavy atom. The van der Waals surface area contributed by atoms with Crippen LogP contribution in [0.2, 0.25) is 0 Å². The third-order valence-corrected chi connectivity index (χ3v) is 10.1. The quantitative estimate of drug-likeness (QED) is 0.544. The maximum absolute atomic E-state index is 13.1. The average molecular weight is 526 g/mol. The van der Waals surface area contributed by atoms with Crippen molar-refractivity contribution in [2.75, 3.05) is 42.6 Å². The van der Waals surface area contributed by atoms with Crippen molar-refractivity contribution in [2.24, 2.45) is 0 Å². The molecule has 7 nitrogen and oxygen atoms in total. The van der Waals surface area contributed by atoms with Crippen LogP contribution in [0.3, 0.4) is 0 Å². The maximum atomic E-state index is 13.1. The van der Waals surface area contributed by atoms with E-state index in [1.54, 1.807) is 6.07 Å². The number of rotatable bonds is 5. The summed E-state index contributed by atoms with van der Waals surface area (Å²) in [5.74, 6) is 0. The van der Waals surface area contributed by atoms with Gasteiger partial charge < -0.3 is 4.90 Å². The van der Waals surface area contributed by atoms with E-state index in [4.69, 9.17) is 0 Å². The molecule has 1 spiro atoms. The number of sulfone groups is 1. The minimum atomic E-state index is -3.89. The standard InChI is InChI=1S/C27H31N3O4S2/c1-29-18-15-21-7-3-4-8-24(21)27(29)16-19-30(20-17-27)26-10-6-5-9-25(26)28-36(33,34)23-13-11-22(12-14-23)35(2,31)32/h3-14,28H,15-20H2,1-2H3. The van der Waals surface area contributed by atoms with Crippen LogP contribution in [0.1, 0.15) is 24.0 Å². The van der Waals surface area contributed by atoms with Gasteiger partial charge in [0.25, 0.3) is 10.0 Å². The summed E-state index contributed by atoms with van der Waals surface area (Å²) < 4.78 is 52.5. The monoisotopic (exact) mass is 525 g/mol. The van der Waals surface area contributed by atoms with E-state index in [0.717, 1.165) is 50.8 Å². The fourth-order valence-corrected chi connectivity index (χ4v) is 7.28. The van der Waals surface area contributed by atoms with Gasteiger partial charge in [-0.15, -0.1) is 0 Å². The Labute approximate surface area is 213 Å². The van der Waals surface area contributed by atoms with E-state index in [2.05, 4.69) is 45.8 Å². The number of anilines is 2. The van der Waals surface area contributed by atoms with Crippen molar-refractivity contribution < 1.29 is 16.8 Å². The zero-order chi connectivity index (χ0) is 25.6. The second-order valence-electron chi connectivity index (χ2n) is 9.71. The van der Waals surface area contributed by atoms with E-state index in [1.807, 2.05) is 18.2 Å². The van der Waals surface area contributed by atoms with Gasteiger partial charge in [-0.25, -0.2) is 16.8 Å². The van der Waals surface area contributed by atoms with Crippen LogP contribution in [0.15, 0.2) is 82.6 Å². The number of benzene rings is 3. The number of nitrogens with zero attached hydrogens (tertiary/aromatic N) is 2. The second-order valence-corrected chi connectivity index (χ2v) is 13.4. The van der Waals surface area contributed by atoms with Crippen LogP contribution in [-0.4, -0.2) is 54.7 Å².